The highest BCUT2D eigenvalue weighted by Crippen LogP contribution is 2.19. The highest BCUT2D eigenvalue weighted by molar-refractivity contribution is 5.88. The molecule has 1 N–H and O–H groups in total. The fraction of sp³-hybridized carbons (Fsp3) is 0.706. The van der Waals surface area contributed by atoms with Crippen LogP contribution in [0.5, 0.6) is 0 Å². The standard InChI is InChI=1S/C17H28N4O2/c1-13-11-18-20(12-13)10-8-15(22)21-9-6-5-7-14(21)16(23)19-17(2,3)4/h11-12,14H,5-10H2,1-4H3,(H,19,23)/t14-/m1/s1. The molecular formula is C17H28N4O2. The van der Waals surface area contributed by atoms with Gasteiger partial charge >= 0.3 is 0 Å². The van der Waals surface area contributed by atoms with Crippen LogP contribution in [0.25, 0.3) is 0 Å². The largest absolute Gasteiger partial charge is 0.350 e. The zero-order valence-corrected chi connectivity index (χ0v) is 14.6. The summed E-state index contributed by atoms with van der Waals surface area (Å²) < 4.78 is 1.78. The van der Waals surface area contributed by atoms with Gasteiger partial charge in [0.05, 0.1) is 6.20 Å². The van der Waals surface area contributed by atoms with Gasteiger partial charge in [0.25, 0.3) is 0 Å². The molecule has 0 aliphatic carbocycles. The lowest BCUT2D eigenvalue weighted by atomic mass is 9.99. The van der Waals surface area contributed by atoms with E-state index in [-0.39, 0.29) is 23.4 Å². The van der Waals surface area contributed by atoms with E-state index in [4.69, 9.17) is 0 Å². The van der Waals surface area contributed by atoms with E-state index in [1.807, 2.05) is 33.9 Å². The highest BCUT2D eigenvalue weighted by atomic mass is 16.2. The smallest absolute Gasteiger partial charge is 0.243 e. The van der Waals surface area contributed by atoms with Crippen molar-refractivity contribution in [3.8, 4) is 0 Å². The topological polar surface area (TPSA) is 67.2 Å². The van der Waals surface area contributed by atoms with Gasteiger partial charge in [0, 0.05) is 31.2 Å². The number of nitrogens with zero attached hydrogens (tertiary/aromatic N) is 3. The summed E-state index contributed by atoms with van der Waals surface area (Å²) in [7, 11) is 0. The molecule has 1 fully saturated rings. The van der Waals surface area contributed by atoms with E-state index in [0.717, 1.165) is 24.8 Å². The molecule has 1 saturated heterocycles. The van der Waals surface area contributed by atoms with Crippen molar-refractivity contribution in [2.75, 3.05) is 6.54 Å². The van der Waals surface area contributed by atoms with Gasteiger partial charge in [0.2, 0.25) is 11.8 Å². The quantitative estimate of drug-likeness (QED) is 0.921. The van der Waals surface area contributed by atoms with Crippen LogP contribution in [0.4, 0.5) is 0 Å². The van der Waals surface area contributed by atoms with Crippen molar-refractivity contribution in [3.63, 3.8) is 0 Å². The molecule has 128 valence electrons. The number of hydrogen-bond donors (Lipinski definition) is 1. The number of aryl methyl sites for hydroxylation is 2. The van der Waals surface area contributed by atoms with Crippen LogP contribution in [-0.2, 0) is 16.1 Å². The van der Waals surface area contributed by atoms with Gasteiger partial charge in [-0.15, -0.1) is 0 Å². The Morgan fingerprint density at radius 2 is 2.09 bits per heavy atom. The minimum atomic E-state index is -0.338. The molecule has 1 atom stereocenters. The molecule has 6 nitrogen and oxygen atoms in total. The fourth-order valence-electron chi connectivity index (χ4n) is 2.90. The van der Waals surface area contributed by atoms with Crippen LogP contribution in [0.15, 0.2) is 12.4 Å². The van der Waals surface area contributed by atoms with Crippen molar-refractivity contribution >= 4 is 11.8 Å². The minimum Gasteiger partial charge on any atom is -0.350 e. The van der Waals surface area contributed by atoms with E-state index in [1.54, 1.807) is 15.8 Å². The Kier molecular flexibility index (Phi) is 5.44. The van der Waals surface area contributed by atoms with Crippen LogP contribution in [0.3, 0.4) is 0 Å². The molecule has 2 heterocycles. The number of rotatable bonds is 4. The van der Waals surface area contributed by atoms with Crippen molar-refractivity contribution in [1.82, 2.24) is 20.0 Å². The van der Waals surface area contributed by atoms with Crippen molar-refractivity contribution < 1.29 is 9.59 Å². The van der Waals surface area contributed by atoms with E-state index >= 15 is 0 Å². The molecule has 6 heteroatoms. The first-order valence-corrected chi connectivity index (χ1v) is 8.37. The Hall–Kier alpha value is -1.85. The molecule has 1 aromatic rings. The molecule has 2 rings (SSSR count). The molecule has 0 unspecified atom stereocenters. The molecule has 0 bridgehead atoms. The zero-order valence-electron chi connectivity index (χ0n) is 14.6. The summed E-state index contributed by atoms with van der Waals surface area (Å²) >= 11 is 0. The summed E-state index contributed by atoms with van der Waals surface area (Å²) in [6.45, 7) is 9.07. The summed E-state index contributed by atoms with van der Waals surface area (Å²) in [5.74, 6) is -0.00704. The molecule has 2 amide bonds. The highest BCUT2D eigenvalue weighted by Gasteiger charge is 2.33. The predicted molar refractivity (Wildman–Crippen MR) is 88.8 cm³/mol. The Morgan fingerprint density at radius 1 is 1.35 bits per heavy atom. The van der Waals surface area contributed by atoms with Gasteiger partial charge in [-0.05, 0) is 52.5 Å². The van der Waals surface area contributed by atoms with Crippen LogP contribution in [-0.4, -0.2) is 44.6 Å². The van der Waals surface area contributed by atoms with Crippen LogP contribution in [0.1, 0.15) is 52.0 Å². The number of aromatic nitrogens is 2. The molecule has 0 radical (unpaired) electrons. The number of likely N-dealkylation sites (tertiary alicyclic amines) is 1. The van der Waals surface area contributed by atoms with Gasteiger partial charge < -0.3 is 10.2 Å². The first-order valence-electron chi connectivity index (χ1n) is 8.37. The summed E-state index contributed by atoms with van der Waals surface area (Å²) in [5.41, 5.74) is 0.799. The Bertz CT molecular complexity index is 559. The van der Waals surface area contributed by atoms with E-state index in [0.29, 0.717) is 19.5 Å². The maximum Gasteiger partial charge on any atom is 0.243 e. The number of carbonyl (C=O) groups excluding carboxylic acids is 2. The lowest BCUT2D eigenvalue weighted by Crippen LogP contribution is -2.55. The molecule has 0 aromatic carbocycles. The zero-order chi connectivity index (χ0) is 17.0. The van der Waals surface area contributed by atoms with Gasteiger partial charge in [0.1, 0.15) is 6.04 Å². The molecule has 1 aromatic heterocycles. The Balaban J connectivity index is 1.96. The Morgan fingerprint density at radius 3 is 2.70 bits per heavy atom. The number of amides is 2. The lowest BCUT2D eigenvalue weighted by Gasteiger charge is -2.36. The second-order valence-corrected chi connectivity index (χ2v) is 7.37. The van der Waals surface area contributed by atoms with Crippen molar-refractivity contribution in [2.24, 2.45) is 0 Å². The van der Waals surface area contributed by atoms with E-state index < -0.39 is 0 Å². The molecule has 0 saturated carbocycles. The summed E-state index contributed by atoms with van der Waals surface area (Å²) in [6.07, 6.45) is 6.78. The number of hydrogen-bond acceptors (Lipinski definition) is 3. The lowest BCUT2D eigenvalue weighted by molar-refractivity contribution is -0.143. The average Bonchev–Trinajstić information content (AvgIpc) is 2.88. The van der Waals surface area contributed by atoms with Gasteiger partial charge in [-0.3, -0.25) is 14.3 Å². The van der Waals surface area contributed by atoms with Crippen LogP contribution in [0, 0.1) is 6.92 Å². The van der Waals surface area contributed by atoms with Crippen LogP contribution in [0.2, 0.25) is 0 Å². The third-order valence-corrected chi connectivity index (χ3v) is 3.94. The molecule has 1 aliphatic heterocycles. The SMILES string of the molecule is Cc1cnn(CCC(=O)N2CCCC[C@@H]2C(=O)NC(C)(C)C)c1. The van der Waals surface area contributed by atoms with E-state index in [1.165, 1.54) is 0 Å². The van der Waals surface area contributed by atoms with E-state index in [9.17, 15) is 9.59 Å². The molecule has 0 spiro atoms. The van der Waals surface area contributed by atoms with Crippen LogP contribution >= 0.6 is 0 Å². The third kappa shape index (κ3) is 5.08. The van der Waals surface area contributed by atoms with Crippen molar-refractivity contribution in [1.29, 1.82) is 0 Å². The fourth-order valence-corrected chi connectivity index (χ4v) is 2.90. The molecule has 1 aliphatic rings. The molecule has 23 heavy (non-hydrogen) atoms. The third-order valence-electron chi connectivity index (χ3n) is 3.94. The number of piperidine rings is 1. The first kappa shape index (κ1) is 17.5. The molecular weight excluding hydrogens is 292 g/mol. The monoisotopic (exact) mass is 320 g/mol. The predicted octanol–water partition coefficient (Wildman–Crippen LogP) is 1.88. The normalized spacial score (nSPS) is 18.8. The Labute approximate surface area is 138 Å². The number of carbonyl (C=O) groups is 2. The summed E-state index contributed by atoms with van der Waals surface area (Å²) in [6, 6.07) is -0.338. The van der Waals surface area contributed by atoms with Gasteiger partial charge in [-0.25, -0.2) is 0 Å². The summed E-state index contributed by atoms with van der Waals surface area (Å²) in [4.78, 5) is 26.8. The van der Waals surface area contributed by atoms with Crippen molar-refractivity contribution in [3.05, 3.63) is 18.0 Å². The van der Waals surface area contributed by atoms with Crippen LogP contribution < -0.4 is 5.32 Å². The second kappa shape index (κ2) is 7.15. The maximum atomic E-state index is 12.6. The second-order valence-electron chi connectivity index (χ2n) is 7.37. The maximum absolute atomic E-state index is 12.6. The van der Waals surface area contributed by atoms with Gasteiger partial charge in [0.15, 0.2) is 0 Å². The summed E-state index contributed by atoms with van der Waals surface area (Å²) in [5, 5.41) is 7.20. The average molecular weight is 320 g/mol. The first-order chi connectivity index (χ1) is 10.8. The van der Waals surface area contributed by atoms with Gasteiger partial charge in [-0.2, -0.15) is 5.10 Å². The van der Waals surface area contributed by atoms with E-state index in [2.05, 4.69) is 10.4 Å². The number of nitrogens with one attached hydrogen (secondary N) is 1. The minimum absolute atomic E-state index is 0.0342. The van der Waals surface area contributed by atoms with Crippen molar-refractivity contribution in [2.45, 2.75) is 71.5 Å². The van der Waals surface area contributed by atoms with Gasteiger partial charge in [-0.1, -0.05) is 0 Å².